The zero-order valence-corrected chi connectivity index (χ0v) is 13.6. The van der Waals surface area contributed by atoms with Crippen LogP contribution in [0.3, 0.4) is 0 Å². The van der Waals surface area contributed by atoms with E-state index >= 15 is 0 Å². The summed E-state index contributed by atoms with van der Waals surface area (Å²) >= 11 is 8.32. The van der Waals surface area contributed by atoms with Gasteiger partial charge in [0.2, 0.25) is 0 Å². The number of hydrogen-bond acceptors (Lipinski definition) is 2. The van der Waals surface area contributed by atoms with Crippen LogP contribution in [0.15, 0.2) is 40.2 Å². The van der Waals surface area contributed by atoms with E-state index in [1.807, 2.05) is 42.6 Å². The molecule has 94 valence electrons. The molecule has 0 radical (unpaired) electrons. The van der Waals surface area contributed by atoms with Crippen molar-refractivity contribution in [1.82, 2.24) is 0 Å². The summed E-state index contributed by atoms with van der Waals surface area (Å²) in [5.41, 5.74) is 1.91. The van der Waals surface area contributed by atoms with Crippen LogP contribution in [0.5, 0.6) is 0 Å². The van der Waals surface area contributed by atoms with Crippen molar-refractivity contribution in [2.75, 3.05) is 5.32 Å². The maximum Gasteiger partial charge on any atom is 0.266 e. The molecule has 1 aromatic heterocycles. The number of carbonyl (C=O) groups excluding carboxylic acids is 1. The van der Waals surface area contributed by atoms with Gasteiger partial charge in [0.25, 0.3) is 5.91 Å². The Morgan fingerprint density at radius 2 is 2.06 bits per heavy atom. The molecule has 0 saturated heterocycles. The third kappa shape index (κ3) is 3.02. The molecule has 0 spiro atoms. The topological polar surface area (TPSA) is 29.1 Å². The minimum Gasteiger partial charge on any atom is -0.321 e. The molecule has 18 heavy (non-hydrogen) atoms. The molecule has 2 rings (SSSR count). The van der Waals surface area contributed by atoms with Crippen LogP contribution in [0, 0.1) is 0 Å². The molecule has 1 amide bonds. The van der Waals surface area contributed by atoms with Gasteiger partial charge in [0.1, 0.15) is 4.88 Å². The lowest BCUT2D eigenvalue weighted by molar-refractivity contribution is 0.103. The Labute approximate surface area is 127 Å². The van der Waals surface area contributed by atoms with Crippen molar-refractivity contribution in [3.8, 4) is 0 Å². The summed E-state index contributed by atoms with van der Waals surface area (Å²) < 4.78 is 0.828. The van der Waals surface area contributed by atoms with Gasteiger partial charge in [-0.1, -0.05) is 34.1 Å². The number of alkyl halides is 1. The average Bonchev–Trinajstić information content (AvgIpc) is 2.76. The molecule has 0 aliphatic carbocycles. The highest BCUT2D eigenvalue weighted by molar-refractivity contribution is 9.10. The fraction of sp³-hybridized carbons (Fsp3) is 0.154. The maximum absolute atomic E-state index is 12.1. The smallest absolute Gasteiger partial charge is 0.266 e. The van der Waals surface area contributed by atoms with E-state index in [0.717, 1.165) is 15.7 Å². The highest BCUT2D eigenvalue weighted by Crippen LogP contribution is 2.30. The van der Waals surface area contributed by atoms with Crippen LogP contribution in [-0.4, -0.2) is 5.91 Å². The average molecular weight is 389 g/mol. The monoisotopic (exact) mass is 387 g/mol. The molecule has 2 aromatic rings. The van der Waals surface area contributed by atoms with E-state index in [2.05, 4.69) is 37.2 Å². The van der Waals surface area contributed by atoms with E-state index in [1.54, 1.807) is 0 Å². The number of amides is 1. The molecule has 1 heterocycles. The number of hydrogen-bond donors (Lipinski definition) is 1. The number of rotatable bonds is 3. The zero-order valence-electron chi connectivity index (χ0n) is 9.61. The molecule has 1 N–H and O–H groups in total. The Balaban J connectivity index is 2.25. The molecule has 0 bridgehead atoms. The second-order valence-electron chi connectivity index (χ2n) is 3.76. The minimum absolute atomic E-state index is 0.0857. The Morgan fingerprint density at radius 1 is 1.33 bits per heavy atom. The number of halogens is 2. The van der Waals surface area contributed by atoms with Crippen LogP contribution < -0.4 is 5.32 Å². The van der Waals surface area contributed by atoms with Crippen LogP contribution in [-0.2, 0) is 0 Å². The van der Waals surface area contributed by atoms with Crippen LogP contribution in [0.25, 0.3) is 0 Å². The summed E-state index contributed by atoms with van der Waals surface area (Å²) in [6.07, 6.45) is 0. The minimum atomic E-state index is -0.0857. The number of nitrogens with one attached hydrogen (secondary N) is 1. The van der Waals surface area contributed by atoms with Crippen molar-refractivity contribution in [1.29, 1.82) is 0 Å². The fourth-order valence-corrected chi connectivity index (χ4v) is 3.44. The molecule has 0 aliphatic rings. The summed E-state index contributed by atoms with van der Waals surface area (Å²) in [4.78, 5) is 13.0. The molecular formula is C13H11Br2NOS. The van der Waals surface area contributed by atoms with E-state index in [1.165, 1.54) is 11.3 Å². The van der Waals surface area contributed by atoms with Gasteiger partial charge in [0, 0.05) is 15.0 Å². The van der Waals surface area contributed by atoms with Crippen molar-refractivity contribution < 1.29 is 4.79 Å². The van der Waals surface area contributed by atoms with E-state index in [4.69, 9.17) is 0 Å². The summed E-state index contributed by atoms with van der Waals surface area (Å²) in [6.45, 7) is 2.03. The third-order valence-electron chi connectivity index (χ3n) is 2.46. The van der Waals surface area contributed by atoms with Crippen LogP contribution in [0.4, 0.5) is 5.69 Å². The Kier molecular flexibility index (Phi) is 4.59. The molecule has 0 aliphatic heterocycles. The summed E-state index contributed by atoms with van der Waals surface area (Å²) in [6, 6.07) is 9.66. The van der Waals surface area contributed by atoms with Crippen molar-refractivity contribution in [3.05, 3.63) is 50.6 Å². The van der Waals surface area contributed by atoms with Crippen LogP contribution in [0.1, 0.15) is 27.0 Å². The first-order valence-corrected chi connectivity index (χ1v) is 7.95. The third-order valence-corrected chi connectivity index (χ3v) is 4.79. The van der Waals surface area contributed by atoms with E-state index in [-0.39, 0.29) is 10.7 Å². The van der Waals surface area contributed by atoms with Crippen LogP contribution >= 0.6 is 43.2 Å². The predicted molar refractivity (Wildman–Crippen MR) is 83.8 cm³/mol. The quantitative estimate of drug-likeness (QED) is 0.717. The summed E-state index contributed by atoms with van der Waals surface area (Å²) in [5, 5.41) is 4.83. The van der Waals surface area contributed by atoms with E-state index in [9.17, 15) is 4.79 Å². The maximum atomic E-state index is 12.1. The molecule has 0 fully saturated rings. The first-order chi connectivity index (χ1) is 8.59. The van der Waals surface area contributed by atoms with Gasteiger partial charge in [0.15, 0.2) is 0 Å². The summed E-state index contributed by atoms with van der Waals surface area (Å²) in [5.74, 6) is -0.0857. The Hall–Kier alpha value is -0.650. The molecule has 1 atom stereocenters. The van der Waals surface area contributed by atoms with E-state index < -0.39 is 0 Å². The van der Waals surface area contributed by atoms with Crippen molar-refractivity contribution in [3.63, 3.8) is 0 Å². The van der Waals surface area contributed by atoms with Crippen molar-refractivity contribution in [2.24, 2.45) is 0 Å². The summed E-state index contributed by atoms with van der Waals surface area (Å²) in [7, 11) is 0. The fourth-order valence-electron chi connectivity index (χ4n) is 1.59. The van der Waals surface area contributed by atoms with Gasteiger partial charge in [0.05, 0.1) is 0 Å². The lowest BCUT2D eigenvalue weighted by atomic mass is 10.1. The molecule has 0 saturated carbocycles. The number of benzene rings is 1. The van der Waals surface area contributed by atoms with Gasteiger partial charge < -0.3 is 5.32 Å². The normalized spacial score (nSPS) is 12.2. The van der Waals surface area contributed by atoms with Crippen LogP contribution in [0.2, 0.25) is 0 Å². The number of anilines is 1. The number of para-hydroxylation sites is 1. The molecule has 2 nitrogen and oxygen atoms in total. The van der Waals surface area contributed by atoms with E-state index in [0.29, 0.717) is 4.88 Å². The van der Waals surface area contributed by atoms with Gasteiger partial charge >= 0.3 is 0 Å². The molecule has 5 heteroatoms. The highest BCUT2D eigenvalue weighted by atomic mass is 79.9. The number of carbonyl (C=O) groups is 1. The Morgan fingerprint density at radius 3 is 2.67 bits per heavy atom. The van der Waals surface area contributed by atoms with Gasteiger partial charge in [-0.2, -0.15) is 0 Å². The lowest BCUT2D eigenvalue weighted by Crippen LogP contribution is -2.12. The second kappa shape index (κ2) is 5.99. The predicted octanol–water partition coefficient (Wildman–Crippen LogP) is 5.22. The molecular weight excluding hydrogens is 378 g/mol. The first-order valence-electron chi connectivity index (χ1n) is 5.37. The van der Waals surface area contributed by atoms with Gasteiger partial charge in [-0.3, -0.25) is 4.79 Å². The zero-order chi connectivity index (χ0) is 13.1. The lowest BCUT2D eigenvalue weighted by Gasteiger charge is -2.12. The van der Waals surface area contributed by atoms with Gasteiger partial charge in [-0.05, 0) is 45.9 Å². The first kappa shape index (κ1) is 13.8. The standard InChI is InChI=1S/C13H11Br2NOS/c1-8(14)9-4-2-3-5-11(9)16-13(17)12-10(15)6-7-18-12/h2-8H,1H3,(H,16,17). The van der Waals surface area contributed by atoms with Crippen molar-refractivity contribution >= 4 is 54.8 Å². The Bertz CT molecular complexity index is 566. The van der Waals surface area contributed by atoms with Gasteiger partial charge in [-0.15, -0.1) is 11.3 Å². The van der Waals surface area contributed by atoms with Crippen molar-refractivity contribution in [2.45, 2.75) is 11.8 Å². The second-order valence-corrected chi connectivity index (χ2v) is 6.90. The van der Waals surface area contributed by atoms with Gasteiger partial charge in [-0.25, -0.2) is 0 Å². The highest BCUT2D eigenvalue weighted by Gasteiger charge is 2.14. The number of thiophene rings is 1. The molecule has 1 aromatic carbocycles. The molecule has 1 unspecified atom stereocenters. The SMILES string of the molecule is CC(Br)c1ccccc1NC(=O)c1sccc1Br. The largest absolute Gasteiger partial charge is 0.321 e.